The zero-order valence-electron chi connectivity index (χ0n) is 18.2. The second kappa shape index (κ2) is 6.73. The standard InChI is InChI=1S/C29H29/c1-17-9-18(2)12-22(11-17)28-24-7-6-8-25(24)29(27-16-21(5)15-26(27)28)23-13-19(3)10-20(4)14-23/h9-16H,6-8H2,1-5H3. The lowest BCUT2D eigenvalue weighted by Crippen LogP contribution is -2.01. The van der Waals surface area contributed by atoms with E-state index in [1.807, 2.05) is 0 Å². The van der Waals surface area contributed by atoms with Crippen LogP contribution in [0.3, 0.4) is 0 Å². The van der Waals surface area contributed by atoms with Crippen LogP contribution in [0, 0.1) is 34.1 Å². The minimum Gasteiger partial charge on any atom is -0.0642 e. The van der Waals surface area contributed by atoms with E-state index in [0.717, 1.165) is 0 Å². The molecule has 0 spiro atoms. The molecule has 0 atom stereocenters. The summed E-state index contributed by atoms with van der Waals surface area (Å²) in [5.41, 5.74) is 18.5. The fraction of sp³-hybridized carbons (Fsp3) is 0.276. The molecule has 0 saturated carbocycles. The smallest absolute Gasteiger partial charge is 0.0168 e. The first-order valence-corrected chi connectivity index (χ1v) is 10.8. The second-order valence-electron chi connectivity index (χ2n) is 9.17. The van der Waals surface area contributed by atoms with Gasteiger partial charge in [0.25, 0.3) is 0 Å². The molecule has 0 unspecified atom stereocenters. The number of benzene rings is 3. The zero-order valence-corrected chi connectivity index (χ0v) is 18.2. The Morgan fingerprint density at radius 1 is 0.552 bits per heavy atom. The maximum atomic E-state index is 2.41. The minimum absolute atomic E-state index is 1.19. The number of hydrogen-bond donors (Lipinski definition) is 0. The zero-order chi connectivity index (χ0) is 20.3. The number of fused-ring (bicyclic) bond motifs is 2. The predicted octanol–water partition coefficient (Wildman–Crippen LogP) is 7.71. The fourth-order valence-electron chi connectivity index (χ4n) is 5.58. The molecule has 0 aliphatic heterocycles. The van der Waals surface area contributed by atoms with Crippen LogP contribution in [-0.2, 0) is 12.8 Å². The number of aryl methyl sites for hydroxylation is 4. The lowest BCUT2D eigenvalue weighted by molar-refractivity contribution is 0.912. The van der Waals surface area contributed by atoms with Gasteiger partial charge in [0.15, 0.2) is 0 Å². The molecule has 2 aliphatic carbocycles. The van der Waals surface area contributed by atoms with E-state index < -0.39 is 0 Å². The maximum Gasteiger partial charge on any atom is 0.0168 e. The van der Waals surface area contributed by atoms with Crippen molar-refractivity contribution in [2.24, 2.45) is 0 Å². The molecule has 0 N–H and O–H groups in total. The third-order valence-electron chi connectivity index (χ3n) is 6.41. The topological polar surface area (TPSA) is 0 Å². The van der Waals surface area contributed by atoms with E-state index >= 15 is 0 Å². The van der Waals surface area contributed by atoms with Gasteiger partial charge in [0.1, 0.15) is 0 Å². The molecule has 3 aromatic carbocycles. The largest absolute Gasteiger partial charge is 0.0642 e. The Kier molecular flexibility index (Phi) is 4.28. The van der Waals surface area contributed by atoms with Crippen molar-refractivity contribution in [2.75, 3.05) is 0 Å². The maximum absolute atomic E-state index is 2.41. The van der Waals surface area contributed by atoms with E-state index in [4.69, 9.17) is 0 Å². The molecule has 0 saturated heterocycles. The summed E-state index contributed by atoms with van der Waals surface area (Å²) in [4.78, 5) is 0. The van der Waals surface area contributed by atoms with E-state index in [1.54, 1.807) is 11.1 Å². The van der Waals surface area contributed by atoms with Crippen LogP contribution in [0.4, 0.5) is 0 Å². The van der Waals surface area contributed by atoms with Crippen LogP contribution in [0.15, 0.2) is 42.0 Å². The average Bonchev–Trinajstić information content (AvgIpc) is 3.23. The highest BCUT2D eigenvalue weighted by Crippen LogP contribution is 2.48. The lowest BCUT2D eigenvalue weighted by Gasteiger charge is -2.21. The molecule has 3 aromatic rings. The molecular formula is C29H29. The Morgan fingerprint density at radius 3 is 1.48 bits per heavy atom. The summed E-state index contributed by atoms with van der Waals surface area (Å²) in [6.45, 7) is 11.1. The molecule has 2 aliphatic rings. The van der Waals surface area contributed by atoms with Crippen molar-refractivity contribution >= 4 is 6.08 Å². The van der Waals surface area contributed by atoms with Gasteiger partial charge in [-0.2, -0.15) is 0 Å². The average molecular weight is 378 g/mol. The minimum atomic E-state index is 1.19. The molecule has 0 heterocycles. The quantitative estimate of drug-likeness (QED) is 0.429. The number of allylic oxidation sites excluding steroid dienone is 1. The van der Waals surface area contributed by atoms with Crippen LogP contribution < -0.4 is 0 Å². The monoisotopic (exact) mass is 377 g/mol. The van der Waals surface area contributed by atoms with Crippen molar-refractivity contribution in [1.29, 1.82) is 0 Å². The fourth-order valence-corrected chi connectivity index (χ4v) is 5.58. The summed E-state index contributed by atoms with van der Waals surface area (Å²) in [6, 6.07) is 14.1. The van der Waals surface area contributed by atoms with Crippen LogP contribution in [0.5, 0.6) is 0 Å². The van der Waals surface area contributed by atoms with Crippen molar-refractivity contribution in [3.63, 3.8) is 0 Å². The van der Waals surface area contributed by atoms with Gasteiger partial charge in [0, 0.05) is 6.42 Å². The second-order valence-corrected chi connectivity index (χ2v) is 9.17. The highest BCUT2D eigenvalue weighted by Gasteiger charge is 2.29. The summed E-state index contributed by atoms with van der Waals surface area (Å²) < 4.78 is 0. The molecule has 0 bridgehead atoms. The third kappa shape index (κ3) is 3.06. The molecule has 5 rings (SSSR count). The first-order chi connectivity index (χ1) is 13.9. The van der Waals surface area contributed by atoms with Gasteiger partial charge in [0.05, 0.1) is 0 Å². The normalized spacial score (nSPS) is 14.7. The van der Waals surface area contributed by atoms with Gasteiger partial charge in [-0.05, 0) is 98.4 Å². The van der Waals surface area contributed by atoms with Crippen LogP contribution in [0.2, 0.25) is 0 Å². The molecule has 0 aromatic heterocycles. The van der Waals surface area contributed by atoms with Gasteiger partial charge in [-0.1, -0.05) is 70.3 Å². The molecule has 0 fully saturated rings. The van der Waals surface area contributed by atoms with E-state index in [1.165, 1.54) is 80.5 Å². The predicted molar refractivity (Wildman–Crippen MR) is 125 cm³/mol. The Balaban J connectivity index is 1.86. The van der Waals surface area contributed by atoms with Gasteiger partial charge in [0.2, 0.25) is 0 Å². The van der Waals surface area contributed by atoms with E-state index in [9.17, 15) is 0 Å². The van der Waals surface area contributed by atoms with Crippen LogP contribution in [-0.4, -0.2) is 0 Å². The Bertz CT molecular complexity index is 1150. The molecule has 1 radical (unpaired) electrons. The van der Waals surface area contributed by atoms with Gasteiger partial charge < -0.3 is 0 Å². The molecule has 0 amide bonds. The Labute approximate surface area is 175 Å². The van der Waals surface area contributed by atoms with E-state index in [2.05, 4.69) is 83.5 Å². The molecule has 0 heteroatoms. The van der Waals surface area contributed by atoms with Crippen molar-refractivity contribution in [1.82, 2.24) is 0 Å². The first kappa shape index (κ1) is 18.4. The van der Waals surface area contributed by atoms with Gasteiger partial charge in [-0.3, -0.25) is 0 Å². The molecule has 145 valence electrons. The highest BCUT2D eigenvalue weighted by atomic mass is 14.3. The van der Waals surface area contributed by atoms with Gasteiger partial charge in [-0.25, -0.2) is 0 Å². The summed E-state index contributed by atoms with van der Waals surface area (Å²) in [7, 11) is 0. The van der Waals surface area contributed by atoms with Crippen molar-refractivity contribution in [3.8, 4) is 22.3 Å². The molecule has 29 heavy (non-hydrogen) atoms. The summed E-state index contributed by atoms with van der Waals surface area (Å²) >= 11 is 0. The summed E-state index contributed by atoms with van der Waals surface area (Å²) in [6.07, 6.45) is 8.46. The van der Waals surface area contributed by atoms with Crippen LogP contribution in [0.1, 0.15) is 57.9 Å². The van der Waals surface area contributed by atoms with Crippen molar-refractivity contribution in [2.45, 2.75) is 53.9 Å². The molecule has 0 nitrogen and oxygen atoms in total. The van der Waals surface area contributed by atoms with E-state index in [-0.39, 0.29) is 0 Å². The molecular weight excluding hydrogens is 348 g/mol. The van der Waals surface area contributed by atoms with Gasteiger partial charge >= 0.3 is 0 Å². The van der Waals surface area contributed by atoms with Crippen molar-refractivity contribution in [3.05, 3.63) is 92.9 Å². The number of hydrogen-bond acceptors (Lipinski definition) is 0. The Morgan fingerprint density at radius 2 is 1.00 bits per heavy atom. The summed E-state index contributed by atoms with van der Waals surface area (Å²) in [5.74, 6) is 0. The SMILES string of the molecule is CC1=Cc2c(c(-c3cc(C)cc(C)c3)c3c(c2-c2cc(C)cc(C)c2)CCC3)[CH]1. The van der Waals surface area contributed by atoms with Crippen LogP contribution in [0.25, 0.3) is 28.3 Å². The number of rotatable bonds is 2. The summed E-state index contributed by atoms with van der Waals surface area (Å²) in [5, 5.41) is 0. The van der Waals surface area contributed by atoms with Crippen LogP contribution >= 0.6 is 0 Å². The first-order valence-electron chi connectivity index (χ1n) is 10.8. The highest BCUT2D eigenvalue weighted by molar-refractivity contribution is 5.94. The lowest BCUT2D eigenvalue weighted by atomic mass is 9.82. The van der Waals surface area contributed by atoms with Gasteiger partial charge in [-0.15, -0.1) is 0 Å². The van der Waals surface area contributed by atoms with E-state index in [0.29, 0.717) is 0 Å². The Hall–Kier alpha value is -2.60. The third-order valence-corrected chi connectivity index (χ3v) is 6.41. The van der Waals surface area contributed by atoms with Crippen molar-refractivity contribution < 1.29 is 0 Å².